The molecule has 0 aliphatic heterocycles. The van der Waals surface area contributed by atoms with Crippen LogP contribution in [0.2, 0.25) is 0 Å². The van der Waals surface area contributed by atoms with Gasteiger partial charge in [0, 0.05) is 4.90 Å². The lowest BCUT2D eigenvalue weighted by molar-refractivity contribution is -0.130. The maximum absolute atomic E-state index is 12.7. The van der Waals surface area contributed by atoms with Gasteiger partial charge in [0.1, 0.15) is 11.0 Å². The molecule has 2 unspecified atom stereocenters. The number of alkyl halides is 3. The Morgan fingerprint density at radius 3 is 2.61 bits per heavy atom. The van der Waals surface area contributed by atoms with Crippen LogP contribution < -0.4 is 10.5 Å². The van der Waals surface area contributed by atoms with Gasteiger partial charge in [-0.05, 0) is 31.2 Å². The molecule has 18 heavy (non-hydrogen) atoms. The van der Waals surface area contributed by atoms with Crippen molar-refractivity contribution in [2.24, 2.45) is 5.73 Å². The van der Waals surface area contributed by atoms with E-state index >= 15 is 0 Å². The minimum Gasteiger partial charge on any atom is -0.497 e. The van der Waals surface area contributed by atoms with Crippen LogP contribution in [-0.4, -0.2) is 29.3 Å². The maximum Gasteiger partial charge on any atom is 0.403 e. The predicted octanol–water partition coefficient (Wildman–Crippen LogP) is 2.08. The Bertz CT molecular complexity index is 423. The molecule has 0 aliphatic carbocycles. The SMILES string of the molecule is COc1cccc(S(=O)C(CCN)C(F)(F)F)c1. The molecule has 1 aromatic rings. The van der Waals surface area contributed by atoms with E-state index in [0.29, 0.717) is 5.75 Å². The first kappa shape index (κ1) is 15.0. The van der Waals surface area contributed by atoms with Gasteiger partial charge in [0.2, 0.25) is 0 Å². The van der Waals surface area contributed by atoms with Crippen molar-refractivity contribution in [2.75, 3.05) is 13.7 Å². The minimum atomic E-state index is -4.53. The number of rotatable bonds is 5. The molecular formula is C11H14F3NO2S. The van der Waals surface area contributed by atoms with Crippen molar-refractivity contribution < 1.29 is 22.1 Å². The molecule has 0 spiro atoms. The van der Waals surface area contributed by atoms with Crippen LogP contribution in [0, 0.1) is 0 Å². The van der Waals surface area contributed by atoms with E-state index in [1.165, 1.54) is 25.3 Å². The molecule has 0 amide bonds. The molecule has 0 aliphatic rings. The lowest BCUT2D eigenvalue weighted by Gasteiger charge is -2.19. The Kier molecular flexibility index (Phi) is 5.15. The summed E-state index contributed by atoms with van der Waals surface area (Å²) in [6.07, 6.45) is -4.90. The first-order valence-electron chi connectivity index (χ1n) is 5.21. The molecule has 0 fully saturated rings. The standard InChI is InChI=1S/C11H14F3NO2S/c1-17-8-3-2-4-9(7-8)18(16)10(5-6-15)11(12,13)14/h2-4,7,10H,5-6,15H2,1H3. The number of hydrogen-bond acceptors (Lipinski definition) is 3. The zero-order valence-corrected chi connectivity index (χ0v) is 10.6. The Balaban J connectivity index is 3.02. The van der Waals surface area contributed by atoms with Gasteiger partial charge in [-0.2, -0.15) is 13.2 Å². The highest BCUT2D eigenvalue weighted by Crippen LogP contribution is 2.30. The van der Waals surface area contributed by atoms with Crippen LogP contribution in [-0.2, 0) is 10.8 Å². The molecule has 0 radical (unpaired) electrons. The van der Waals surface area contributed by atoms with Gasteiger partial charge in [-0.1, -0.05) is 6.07 Å². The van der Waals surface area contributed by atoms with E-state index in [1.54, 1.807) is 6.07 Å². The Morgan fingerprint density at radius 2 is 2.11 bits per heavy atom. The highest BCUT2D eigenvalue weighted by molar-refractivity contribution is 7.85. The molecule has 3 nitrogen and oxygen atoms in total. The van der Waals surface area contributed by atoms with Gasteiger partial charge in [0.15, 0.2) is 0 Å². The first-order valence-corrected chi connectivity index (χ1v) is 6.43. The van der Waals surface area contributed by atoms with E-state index in [-0.39, 0.29) is 17.9 Å². The van der Waals surface area contributed by atoms with Crippen molar-refractivity contribution in [3.05, 3.63) is 24.3 Å². The second-order valence-electron chi connectivity index (χ2n) is 3.58. The van der Waals surface area contributed by atoms with Crippen LogP contribution in [0.3, 0.4) is 0 Å². The summed E-state index contributed by atoms with van der Waals surface area (Å²) < 4.78 is 55.1. The van der Waals surface area contributed by atoms with E-state index in [2.05, 4.69) is 0 Å². The summed E-state index contributed by atoms with van der Waals surface area (Å²) in [6.45, 7) is -0.167. The third kappa shape index (κ3) is 3.71. The molecule has 2 N–H and O–H groups in total. The van der Waals surface area contributed by atoms with E-state index in [4.69, 9.17) is 10.5 Å². The van der Waals surface area contributed by atoms with Gasteiger partial charge >= 0.3 is 6.18 Å². The topological polar surface area (TPSA) is 52.3 Å². The fourth-order valence-electron chi connectivity index (χ4n) is 1.43. The van der Waals surface area contributed by atoms with Crippen molar-refractivity contribution in [3.8, 4) is 5.75 Å². The summed E-state index contributed by atoms with van der Waals surface area (Å²) in [5.41, 5.74) is 5.14. The molecule has 0 heterocycles. The maximum atomic E-state index is 12.7. The number of benzene rings is 1. The Hall–Kier alpha value is -1.08. The van der Waals surface area contributed by atoms with E-state index in [1.807, 2.05) is 0 Å². The van der Waals surface area contributed by atoms with Crippen molar-refractivity contribution in [2.45, 2.75) is 22.7 Å². The van der Waals surface area contributed by atoms with Crippen molar-refractivity contribution in [3.63, 3.8) is 0 Å². The monoisotopic (exact) mass is 281 g/mol. The van der Waals surface area contributed by atoms with Gasteiger partial charge < -0.3 is 10.5 Å². The van der Waals surface area contributed by atoms with E-state index in [9.17, 15) is 17.4 Å². The van der Waals surface area contributed by atoms with E-state index < -0.39 is 22.2 Å². The molecule has 102 valence electrons. The molecule has 0 aromatic heterocycles. The highest BCUT2D eigenvalue weighted by atomic mass is 32.2. The minimum absolute atomic E-state index is 0.0881. The number of nitrogens with two attached hydrogens (primary N) is 1. The lowest BCUT2D eigenvalue weighted by Crippen LogP contribution is -2.35. The normalized spacial score (nSPS) is 15.2. The Labute approximate surface area is 106 Å². The molecule has 0 saturated heterocycles. The van der Waals surface area contributed by atoms with Crippen LogP contribution >= 0.6 is 0 Å². The third-order valence-corrected chi connectivity index (χ3v) is 4.06. The number of methoxy groups -OCH3 is 1. The average Bonchev–Trinajstić information content (AvgIpc) is 2.34. The summed E-state index contributed by atoms with van der Waals surface area (Å²) in [5, 5.41) is -1.95. The molecular weight excluding hydrogens is 267 g/mol. The average molecular weight is 281 g/mol. The molecule has 0 saturated carbocycles. The second kappa shape index (κ2) is 6.19. The van der Waals surface area contributed by atoms with Gasteiger partial charge in [0.25, 0.3) is 0 Å². The van der Waals surface area contributed by atoms with Crippen LogP contribution in [0.1, 0.15) is 6.42 Å². The number of halogens is 3. The molecule has 0 bridgehead atoms. The van der Waals surface area contributed by atoms with Crippen molar-refractivity contribution >= 4 is 10.8 Å². The molecule has 1 aromatic carbocycles. The summed E-state index contributed by atoms with van der Waals surface area (Å²) in [5.74, 6) is 0.370. The van der Waals surface area contributed by atoms with Crippen LogP contribution in [0.25, 0.3) is 0 Å². The van der Waals surface area contributed by atoms with E-state index in [0.717, 1.165) is 0 Å². The zero-order valence-electron chi connectivity index (χ0n) is 9.74. The predicted molar refractivity (Wildman–Crippen MR) is 62.9 cm³/mol. The Morgan fingerprint density at radius 1 is 1.44 bits per heavy atom. The largest absolute Gasteiger partial charge is 0.497 e. The molecule has 2 atom stereocenters. The first-order chi connectivity index (χ1) is 8.40. The van der Waals surface area contributed by atoms with Gasteiger partial charge in [0.05, 0.1) is 17.9 Å². The smallest absolute Gasteiger partial charge is 0.403 e. The summed E-state index contributed by atoms with van der Waals surface area (Å²) in [7, 11) is -0.795. The van der Waals surface area contributed by atoms with Gasteiger partial charge in [-0.3, -0.25) is 4.21 Å². The van der Waals surface area contributed by atoms with Crippen molar-refractivity contribution in [1.82, 2.24) is 0 Å². The summed E-state index contributed by atoms with van der Waals surface area (Å²) in [6, 6.07) is 5.80. The highest BCUT2D eigenvalue weighted by Gasteiger charge is 2.43. The second-order valence-corrected chi connectivity index (χ2v) is 5.22. The fourth-order valence-corrected chi connectivity index (χ4v) is 2.80. The molecule has 1 rings (SSSR count). The third-order valence-electron chi connectivity index (χ3n) is 2.33. The summed E-state index contributed by atoms with van der Waals surface area (Å²) >= 11 is 0. The van der Waals surface area contributed by atoms with Gasteiger partial charge in [-0.25, -0.2) is 0 Å². The van der Waals surface area contributed by atoms with Crippen LogP contribution in [0.4, 0.5) is 13.2 Å². The van der Waals surface area contributed by atoms with Crippen molar-refractivity contribution in [1.29, 1.82) is 0 Å². The number of ether oxygens (including phenoxy) is 1. The van der Waals surface area contributed by atoms with Gasteiger partial charge in [-0.15, -0.1) is 0 Å². The number of hydrogen-bond donors (Lipinski definition) is 1. The lowest BCUT2D eigenvalue weighted by atomic mass is 10.3. The van der Waals surface area contributed by atoms with Crippen LogP contribution in [0.15, 0.2) is 29.2 Å². The molecule has 7 heteroatoms. The zero-order chi connectivity index (χ0) is 13.8. The van der Waals surface area contributed by atoms with Crippen LogP contribution in [0.5, 0.6) is 5.75 Å². The quantitative estimate of drug-likeness (QED) is 0.899. The fraction of sp³-hybridized carbons (Fsp3) is 0.455. The summed E-state index contributed by atoms with van der Waals surface area (Å²) in [4.78, 5) is 0.0881.